The van der Waals surface area contributed by atoms with Gasteiger partial charge in [-0.15, -0.1) is 0 Å². The lowest BCUT2D eigenvalue weighted by atomic mass is 9.98. The average molecular weight is 228 g/mol. The van der Waals surface area contributed by atoms with Crippen molar-refractivity contribution in [3.63, 3.8) is 0 Å². The Hall–Kier alpha value is -1.41. The number of benzene rings is 1. The number of aryl methyl sites for hydroxylation is 1. The molecule has 0 amide bonds. The van der Waals surface area contributed by atoms with Gasteiger partial charge in [-0.25, -0.2) is 0 Å². The molecule has 1 unspecified atom stereocenters. The Morgan fingerprint density at radius 1 is 1.24 bits per heavy atom. The van der Waals surface area contributed by atoms with Gasteiger partial charge in [-0.2, -0.15) is 0 Å². The molecule has 0 spiro atoms. The minimum absolute atomic E-state index is 0.279. The Balaban J connectivity index is 2.09. The first-order chi connectivity index (χ1) is 8.16. The number of rotatable bonds is 4. The molecule has 2 nitrogen and oxygen atoms in total. The molecule has 1 aromatic heterocycles. The molecule has 2 aromatic rings. The Kier molecular flexibility index (Phi) is 3.75. The van der Waals surface area contributed by atoms with Crippen LogP contribution in [0, 0.1) is 5.92 Å². The van der Waals surface area contributed by atoms with Crippen LogP contribution in [-0.2, 0) is 6.42 Å². The Morgan fingerprint density at radius 3 is 2.76 bits per heavy atom. The molecule has 2 heteroatoms. The van der Waals surface area contributed by atoms with Crippen LogP contribution < -0.4 is 5.73 Å². The number of hydrogen-bond donors (Lipinski definition) is 1. The van der Waals surface area contributed by atoms with Crippen molar-refractivity contribution in [1.29, 1.82) is 0 Å². The van der Waals surface area contributed by atoms with Crippen molar-refractivity contribution in [2.75, 3.05) is 0 Å². The average Bonchev–Trinajstić information content (AvgIpc) is 2.35. The molecule has 1 atom stereocenters. The third-order valence-electron chi connectivity index (χ3n) is 3.27. The molecule has 0 saturated heterocycles. The van der Waals surface area contributed by atoms with Crippen molar-refractivity contribution >= 4 is 10.9 Å². The van der Waals surface area contributed by atoms with Gasteiger partial charge in [0, 0.05) is 17.6 Å². The van der Waals surface area contributed by atoms with Crippen molar-refractivity contribution in [3.8, 4) is 0 Å². The first-order valence-electron chi connectivity index (χ1n) is 6.26. The van der Waals surface area contributed by atoms with E-state index in [1.807, 2.05) is 24.4 Å². The van der Waals surface area contributed by atoms with E-state index in [4.69, 9.17) is 5.73 Å². The highest BCUT2D eigenvalue weighted by Crippen LogP contribution is 2.15. The molecular weight excluding hydrogens is 208 g/mol. The zero-order valence-corrected chi connectivity index (χ0v) is 10.6. The number of para-hydroxylation sites is 1. The first kappa shape index (κ1) is 12.1. The Morgan fingerprint density at radius 2 is 2.00 bits per heavy atom. The van der Waals surface area contributed by atoms with Crippen LogP contribution in [0.2, 0.25) is 0 Å². The lowest BCUT2D eigenvalue weighted by Gasteiger charge is -2.15. The fourth-order valence-corrected chi connectivity index (χ4v) is 1.92. The molecule has 1 aromatic carbocycles. The van der Waals surface area contributed by atoms with E-state index in [1.165, 1.54) is 10.9 Å². The molecule has 0 aliphatic heterocycles. The van der Waals surface area contributed by atoms with E-state index < -0.39 is 0 Å². The summed E-state index contributed by atoms with van der Waals surface area (Å²) < 4.78 is 0. The quantitative estimate of drug-likeness (QED) is 0.873. The van der Waals surface area contributed by atoms with Gasteiger partial charge in [0.1, 0.15) is 0 Å². The second-order valence-corrected chi connectivity index (χ2v) is 4.98. The van der Waals surface area contributed by atoms with Crippen molar-refractivity contribution < 1.29 is 0 Å². The third-order valence-corrected chi connectivity index (χ3v) is 3.27. The van der Waals surface area contributed by atoms with Gasteiger partial charge in [0.25, 0.3) is 0 Å². The van der Waals surface area contributed by atoms with Crippen LogP contribution in [0.4, 0.5) is 0 Å². The van der Waals surface area contributed by atoms with Gasteiger partial charge in [-0.3, -0.25) is 4.98 Å². The van der Waals surface area contributed by atoms with Crippen molar-refractivity contribution in [1.82, 2.24) is 4.98 Å². The van der Waals surface area contributed by atoms with Gasteiger partial charge in [-0.05, 0) is 36.5 Å². The smallest absolute Gasteiger partial charge is 0.0702 e. The highest BCUT2D eigenvalue weighted by molar-refractivity contribution is 5.78. The van der Waals surface area contributed by atoms with Gasteiger partial charge in [0.2, 0.25) is 0 Å². The molecule has 0 aliphatic rings. The molecule has 0 radical (unpaired) electrons. The van der Waals surface area contributed by atoms with Crippen LogP contribution in [0.15, 0.2) is 36.5 Å². The summed E-state index contributed by atoms with van der Waals surface area (Å²) >= 11 is 0. The number of nitrogens with zero attached hydrogens (tertiary/aromatic N) is 1. The van der Waals surface area contributed by atoms with Gasteiger partial charge >= 0.3 is 0 Å². The summed E-state index contributed by atoms with van der Waals surface area (Å²) in [6.07, 6.45) is 4.00. The Labute approximate surface area is 103 Å². The standard InChI is InChI=1S/C15H20N2/c1-11(2)14(16)8-7-12-9-13-5-3-4-6-15(13)17-10-12/h3-6,9-11,14H,7-8,16H2,1-2H3. The van der Waals surface area contributed by atoms with E-state index in [1.54, 1.807) is 0 Å². The summed E-state index contributed by atoms with van der Waals surface area (Å²) in [7, 11) is 0. The predicted molar refractivity (Wildman–Crippen MR) is 72.9 cm³/mol. The topological polar surface area (TPSA) is 38.9 Å². The lowest BCUT2D eigenvalue weighted by Crippen LogP contribution is -2.26. The number of nitrogens with two attached hydrogens (primary N) is 1. The van der Waals surface area contributed by atoms with Crippen LogP contribution >= 0.6 is 0 Å². The molecule has 0 aliphatic carbocycles. The summed E-state index contributed by atoms with van der Waals surface area (Å²) in [5, 5.41) is 1.21. The van der Waals surface area contributed by atoms with Crippen LogP contribution in [0.3, 0.4) is 0 Å². The molecular formula is C15H20N2. The van der Waals surface area contributed by atoms with Gasteiger partial charge in [0.15, 0.2) is 0 Å². The van der Waals surface area contributed by atoms with Crippen LogP contribution in [0.5, 0.6) is 0 Å². The molecule has 0 saturated carbocycles. The fraction of sp³-hybridized carbons (Fsp3) is 0.400. The number of pyridine rings is 1. The highest BCUT2D eigenvalue weighted by atomic mass is 14.7. The summed E-state index contributed by atoms with van der Waals surface area (Å²) in [6, 6.07) is 10.7. The number of fused-ring (bicyclic) bond motifs is 1. The monoisotopic (exact) mass is 228 g/mol. The van der Waals surface area contributed by atoms with Crippen molar-refractivity contribution in [3.05, 3.63) is 42.1 Å². The lowest BCUT2D eigenvalue weighted by molar-refractivity contribution is 0.464. The second kappa shape index (κ2) is 5.28. The molecule has 2 N–H and O–H groups in total. The molecule has 1 heterocycles. The maximum Gasteiger partial charge on any atom is 0.0702 e. The normalized spacial score (nSPS) is 13.2. The molecule has 90 valence electrons. The van der Waals surface area contributed by atoms with Crippen LogP contribution in [0.1, 0.15) is 25.8 Å². The largest absolute Gasteiger partial charge is 0.327 e. The minimum atomic E-state index is 0.279. The van der Waals surface area contributed by atoms with E-state index >= 15 is 0 Å². The zero-order chi connectivity index (χ0) is 12.3. The SMILES string of the molecule is CC(C)C(N)CCc1cnc2ccccc2c1. The summed E-state index contributed by atoms with van der Waals surface area (Å²) in [6.45, 7) is 4.34. The molecule has 17 heavy (non-hydrogen) atoms. The number of aromatic nitrogens is 1. The summed E-state index contributed by atoms with van der Waals surface area (Å²) in [5.41, 5.74) is 8.39. The van der Waals surface area contributed by atoms with E-state index in [0.717, 1.165) is 18.4 Å². The maximum absolute atomic E-state index is 6.06. The molecule has 2 rings (SSSR count). The first-order valence-corrected chi connectivity index (χ1v) is 6.26. The fourth-order valence-electron chi connectivity index (χ4n) is 1.92. The van der Waals surface area contributed by atoms with E-state index in [9.17, 15) is 0 Å². The van der Waals surface area contributed by atoms with E-state index in [0.29, 0.717) is 5.92 Å². The Bertz CT molecular complexity index is 491. The predicted octanol–water partition coefficient (Wildman–Crippen LogP) is 3.15. The minimum Gasteiger partial charge on any atom is -0.327 e. The maximum atomic E-state index is 6.06. The molecule has 0 fully saturated rings. The summed E-state index contributed by atoms with van der Waals surface area (Å²) in [4.78, 5) is 4.46. The molecule has 0 bridgehead atoms. The zero-order valence-electron chi connectivity index (χ0n) is 10.6. The van der Waals surface area contributed by atoms with Crippen molar-refractivity contribution in [2.45, 2.75) is 32.7 Å². The number of hydrogen-bond acceptors (Lipinski definition) is 2. The van der Waals surface area contributed by atoms with Crippen LogP contribution in [-0.4, -0.2) is 11.0 Å². The highest BCUT2D eigenvalue weighted by Gasteiger charge is 2.07. The third kappa shape index (κ3) is 3.04. The van der Waals surface area contributed by atoms with Crippen molar-refractivity contribution in [2.24, 2.45) is 11.7 Å². The van der Waals surface area contributed by atoms with Gasteiger partial charge in [-0.1, -0.05) is 32.0 Å². The second-order valence-electron chi connectivity index (χ2n) is 4.98. The van der Waals surface area contributed by atoms with E-state index in [2.05, 4.69) is 31.0 Å². The van der Waals surface area contributed by atoms with Gasteiger partial charge < -0.3 is 5.73 Å². The van der Waals surface area contributed by atoms with Gasteiger partial charge in [0.05, 0.1) is 5.52 Å². The summed E-state index contributed by atoms with van der Waals surface area (Å²) in [5.74, 6) is 0.545. The van der Waals surface area contributed by atoms with E-state index in [-0.39, 0.29) is 6.04 Å². The van der Waals surface area contributed by atoms with Crippen LogP contribution in [0.25, 0.3) is 10.9 Å².